The Bertz CT molecular complexity index is 1670. The summed E-state index contributed by atoms with van der Waals surface area (Å²) in [5, 5.41) is 41.4. The van der Waals surface area contributed by atoms with Crippen molar-refractivity contribution in [3.8, 4) is 0 Å². The summed E-state index contributed by atoms with van der Waals surface area (Å²) in [5.41, 5.74) is -2.12. The van der Waals surface area contributed by atoms with Crippen LogP contribution in [0.25, 0.3) is 11.2 Å². The Morgan fingerprint density at radius 1 is 1.36 bits per heavy atom. The number of aryl methyl sites for hydroxylation is 1. The summed E-state index contributed by atoms with van der Waals surface area (Å²) in [4.78, 5) is 8.59. The van der Waals surface area contributed by atoms with E-state index in [9.17, 15) is 19.7 Å². The molecule has 0 aliphatic heterocycles. The number of benzene rings is 1. The van der Waals surface area contributed by atoms with Crippen LogP contribution in [0.15, 0.2) is 23.4 Å². The molecule has 1 aromatic carbocycles. The molecule has 2 fully saturated rings. The predicted molar refractivity (Wildman–Crippen MR) is 133 cm³/mol. The number of nitrogens with zero attached hydrogens (tertiary/aromatic N) is 5. The summed E-state index contributed by atoms with van der Waals surface area (Å²) in [6.07, 6.45) is -7.97. The Balaban J connectivity index is 1.57. The van der Waals surface area contributed by atoms with Gasteiger partial charge in [-0.3, -0.25) is 0 Å². The van der Waals surface area contributed by atoms with E-state index in [0.29, 0.717) is 11.8 Å². The minimum absolute atomic E-state index is 0.0198. The van der Waals surface area contributed by atoms with Crippen LogP contribution in [-0.4, -0.2) is 83.4 Å². The molecule has 194 valence electrons. The van der Waals surface area contributed by atoms with E-state index in [1.807, 2.05) is 0 Å². The SMILES string of the molecule is [2H]C([2H])(CC)Sc1nc(N[C@]2([2H])C([2H])([2H])[C@@]2([2H])c2ccc(C)c(F)c2)c2nnn([C@@H]3C[C@H](OC([2H])([2H])C([2H])([2H])O)[C@@H](O)[C@H]3O)c2n1. The van der Waals surface area contributed by atoms with Gasteiger partial charge >= 0.3 is 0 Å². The maximum atomic E-state index is 14.4. The Hall–Kier alpha value is -2.38. The molecule has 36 heavy (non-hydrogen) atoms. The number of hydrogen-bond acceptors (Lipinski definition) is 10. The van der Waals surface area contributed by atoms with E-state index in [1.54, 1.807) is 6.92 Å². The highest BCUT2D eigenvalue weighted by Gasteiger charge is 2.45. The lowest BCUT2D eigenvalue weighted by Gasteiger charge is -2.17. The van der Waals surface area contributed by atoms with Gasteiger partial charge in [0.05, 0.1) is 32.1 Å². The quantitative estimate of drug-likeness (QED) is 0.229. The van der Waals surface area contributed by atoms with Crippen LogP contribution < -0.4 is 5.32 Å². The highest BCUT2D eigenvalue weighted by molar-refractivity contribution is 7.99. The first kappa shape index (κ1) is 15.8. The first-order valence-electron chi connectivity index (χ1n) is 16.1. The van der Waals surface area contributed by atoms with Gasteiger partial charge in [0.15, 0.2) is 22.1 Å². The van der Waals surface area contributed by atoms with Crippen molar-refractivity contribution in [1.29, 1.82) is 0 Å². The maximum Gasteiger partial charge on any atom is 0.191 e. The van der Waals surface area contributed by atoms with Crippen molar-refractivity contribution in [3.63, 3.8) is 0 Å². The third kappa shape index (κ3) is 4.92. The average molecular weight is 529 g/mol. The van der Waals surface area contributed by atoms with E-state index in [2.05, 4.69) is 25.6 Å². The lowest BCUT2D eigenvalue weighted by atomic mass is 10.1. The van der Waals surface area contributed by atoms with E-state index in [-0.39, 0.29) is 46.1 Å². The molecule has 0 radical (unpaired) electrons. The van der Waals surface area contributed by atoms with Gasteiger partial charge in [-0.15, -0.1) is 5.10 Å². The predicted octanol–water partition coefficient (Wildman–Crippen LogP) is 2.18. The van der Waals surface area contributed by atoms with Crippen molar-refractivity contribution >= 4 is 28.7 Å². The van der Waals surface area contributed by atoms with E-state index in [4.69, 9.17) is 18.4 Å². The highest BCUT2D eigenvalue weighted by Crippen LogP contribution is 2.44. The van der Waals surface area contributed by atoms with Crippen LogP contribution >= 0.6 is 11.8 Å². The zero-order valence-electron chi connectivity index (χ0n) is 29.2. The number of thioether (sulfide) groups is 1. The molecule has 0 spiro atoms. The Kier molecular flexibility index (Phi) is 4.62. The zero-order chi connectivity index (χ0) is 34.4. The molecule has 0 amide bonds. The molecular weight excluding hydrogens is 487 g/mol. The number of aliphatic hydroxyl groups excluding tert-OH is 2. The fourth-order valence-corrected chi connectivity index (χ4v) is 4.55. The molecule has 2 heterocycles. The van der Waals surface area contributed by atoms with Crippen LogP contribution in [0.3, 0.4) is 0 Å². The molecule has 6 atom stereocenters. The van der Waals surface area contributed by atoms with Gasteiger partial charge in [0.1, 0.15) is 18.0 Å². The maximum absolute atomic E-state index is 14.4. The van der Waals surface area contributed by atoms with Crippen LogP contribution in [0, 0.1) is 12.7 Å². The van der Waals surface area contributed by atoms with Gasteiger partial charge in [-0.2, -0.15) is 0 Å². The topological polar surface area (TPSA) is 138 Å². The summed E-state index contributed by atoms with van der Waals surface area (Å²) in [7, 11) is 0. The Morgan fingerprint density at radius 3 is 2.94 bits per heavy atom. The van der Waals surface area contributed by atoms with Gasteiger partial charge < -0.3 is 25.4 Å². The van der Waals surface area contributed by atoms with Crippen molar-refractivity contribution in [2.75, 3.05) is 24.1 Å². The number of fused-ring (bicyclic) bond motifs is 1. The summed E-state index contributed by atoms with van der Waals surface area (Å²) < 4.78 is 102. The van der Waals surface area contributed by atoms with E-state index in [1.165, 1.54) is 19.1 Å². The highest BCUT2D eigenvalue weighted by atomic mass is 32.2. The molecule has 2 aliphatic rings. The number of hydrogen-bond donors (Lipinski definition) is 4. The number of halogens is 1. The minimum atomic E-state index is -3.45. The molecule has 0 saturated heterocycles. The van der Waals surface area contributed by atoms with Crippen molar-refractivity contribution in [1.82, 2.24) is 25.0 Å². The second-order valence-corrected chi connectivity index (χ2v) is 9.14. The van der Waals surface area contributed by atoms with Crippen LogP contribution in [-0.2, 0) is 4.74 Å². The van der Waals surface area contributed by atoms with Crippen LogP contribution in [0.2, 0.25) is 0 Å². The first-order chi connectivity index (χ1) is 21.0. The zero-order valence-corrected chi connectivity index (χ0v) is 20.0. The Labute approximate surface area is 226 Å². The van der Waals surface area contributed by atoms with Gasteiger partial charge in [0.2, 0.25) is 0 Å². The molecule has 3 aromatic rings. The fraction of sp³-hybridized carbons (Fsp3) is 0.583. The smallest absolute Gasteiger partial charge is 0.191 e. The van der Waals surface area contributed by atoms with Crippen molar-refractivity contribution in [2.45, 2.75) is 74.5 Å². The second-order valence-electron chi connectivity index (χ2n) is 8.28. The molecule has 10 nitrogen and oxygen atoms in total. The summed E-state index contributed by atoms with van der Waals surface area (Å²) in [5.74, 6) is -3.35. The van der Waals surface area contributed by atoms with Gasteiger partial charge in [-0.05, 0) is 36.9 Å². The molecule has 2 saturated carbocycles. The molecule has 0 unspecified atom stereocenters. The van der Waals surface area contributed by atoms with Crippen molar-refractivity contribution in [3.05, 3.63) is 35.1 Å². The molecular formula is C24H31FN6O4S. The van der Waals surface area contributed by atoms with Crippen LogP contribution in [0.1, 0.15) is 62.9 Å². The number of anilines is 1. The van der Waals surface area contributed by atoms with Gasteiger partial charge in [-0.1, -0.05) is 36.0 Å². The molecule has 4 N–H and O–H groups in total. The number of aliphatic hydroxyl groups is 3. The van der Waals surface area contributed by atoms with E-state index >= 15 is 0 Å². The van der Waals surface area contributed by atoms with Crippen LogP contribution in [0.4, 0.5) is 10.2 Å². The summed E-state index contributed by atoms with van der Waals surface area (Å²) >= 11 is 0.583. The number of ether oxygens (including phenoxy) is 1. The average Bonchev–Trinajstić information content (AvgIpc) is 3.30. The normalized spacial score (nSPS) is 38.4. The molecule has 2 aliphatic carbocycles. The number of nitrogens with one attached hydrogen (secondary N) is 1. The molecule has 0 bridgehead atoms. The molecule has 12 heteroatoms. The van der Waals surface area contributed by atoms with E-state index < -0.39 is 67.3 Å². The third-order valence-electron chi connectivity index (χ3n) is 5.92. The lowest BCUT2D eigenvalue weighted by molar-refractivity contribution is -0.0629. The molecule has 2 aromatic heterocycles. The van der Waals surface area contributed by atoms with Crippen molar-refractivity contribution < 1.29 is 38.2 Å². The number of rotatable bonds is 10. The van der Waals surface area contributed by atoms with Gasteiger partial charge in [0, 0.05) is 30.9 Å². The monoisotopic (exact) mass is 528 g/mol. The Morgan fingerprint density at radius 2 is 2.19 bits per heavy atom. The van der Waals surface area contributed by atoms with Gasteiger partial charge in [-0.25, -0.2) is 19.0 Å². The van der Waals surface area contributed by atoms with Gasteiger partial charge in [0.25, 0.3) is 0 Å². The third-order valence-corrected chi connectivity index (χ3v) is 6.72. The summed E-state index contributed by atoms with van der Waals surface area (Å²) in [6, 6.07) is 0.00790. The van der Waals surface area contributed by atoms with Crippen molar-refractivity contribution in [2.24, 2.45) is 0 Å². The minimum Gasteiger partial charge on any atom is -0.394 e. The van der Waals surface area contributed by atoms with Crippen LogP contribution in [0.5, 0.6) is 0 Å². The first-order valence-corrected chi connectivity index (χ1v) is 12.0. The second kappa shape index (κ2) is 10.5. The lowest BCUT2D eigenvalue weighted by Crippen LogP contribution is -2.33. The largest absolute Gasteiger partial charge is 0.394 e. The summed E-state index contributed by atoms with van der Waals surface area (Å²) in [6.45, 7) is -3.66. The van der Waals surface area contributed by atoms with E-state index in [0.717, 1.165) is 10.7 Å². The standard InChI is InChI=1S/C24H31FN6O4S/c1-3-8-36-24-27-22(26-16-10-14(16)13-5-4-12(2)15(25)9-13)19-23(28-24)31(30-29-19)17-11-18(35-7-6-32)21(34)20(17)33/h4-5,9,14,16-18,20-21,32-34H,3,6-8,10-11H2,1-2H3,(H,26,27,28)/t14-,16+,17+,18-,20-,21+/m0/s1/i6D2,7D2,8D2,10D2,14D,16D. The number of aromatic nitrogens is 5. The fourth-order valence-electron chi connectivity index (χ4n) is 4.00. The molecule has 5 rings (SSSR count).